The van der Waals surface area contributed by atoms with Gasteiger partial charge in [0.25, 0.3) is 0 Å². The van der Waals surface area contributed by atoms with Crippen LogP contribution in [0.25, 0.3) is 11.0 Å². The zero-order chi connectivity index (χ0) is 21.9. The summed E-state index contributed by atoms with van der Waals surface area (Å²) in [5.41, 5.74) is 8.67. The van der Waals surface area contributed by atoms with Crippen molar-refractivity contribution in [1.29, 1.82) is 0 Å². The highest BCUT2D eigenvalue weighted by atomic mass is 16.5. The van der Waals surface area contributed by atoms with Crippen molar-refractivity contribution in [3.63, 3.8) is 0 Å². The Balaban J connectivity index is 1.52. The summed E-state index contributed by atoms with van der Waals surface area (Å²) in [6.07, 6.45) is 10.1. The second kappa shape index (κ2) is 8.80. The summed E-state index contributed by atoms with van der Waals surface area (Å²) in [6.45, 7) is 2.88. The fourth-order valence-electron chi connectivity index (χ4n) is 4.48. The van der Waals surface area contributed by atoms with Crippen LogP contribution in [-0.4, -0.2) is 37.2 Å². The molecular weight excluding hydrogens is 400 g/mol. The Hall–Kier alpha value is -3.71. The van der Waals surface area contributed by atoms with Crippen molar-refractivity contribution in [1.82, 2.24) is 24.6 Å². The first-order valence-corrected chi connectivity index (χ1v) is 10.8. The van der Waals surface area contributed by atoms with Crippen LogP contribution in [0.4, 0.5) is 0 Å². The molecule has 0 spiro atoms. The van der Waals surface area contributed by atoms with Gasteiger partial charge in [0.05, 0.1) is 11.6 Å². The fraction of sp³-hybridized carbons (Fsp3) is 0.240. The normalized spacial score (nSPS) is 21.3. The SMILES string of the molecule is CC=CN1CCC(N)C(c2ccc(Oc3ccccc3)cc2)C1n1ncc2cncnc21. The lowest BCUT2D eigenvalue weighted by molar-refractivity contribution is 0.101. The summed E-state index contributed by atoms with van der Waals surface area (Å²) < 4.78 is 7.96. The molecule has 32 heavy (non-hydrogen) atoms. The molecule has 0 radical (unpaired) electrons. The quantitative estimate of drug-likeness (QED) is 0.507. The van der Waals surface area contributed by atoms with Crippen LogP contribution < -0.4 is 10.5 Å². The van der Waals surface area contributed by atoms with Crippen LogP contribution in [0.1, 0.15) is 31.0 Å². The van der Waals surface area contributed by atoms with E-state index in [1.165, 1.54) is 0 Å². The minimum absolute atomic E-state index is 0.0107. The van der Waals surface area contributed by atoms with Gasteiger partial charge in [-0.25, -0.2) is 14.6 Å². The standard InChI is InChI=1S/C25H26N6O/c1-2-13-30-14-12-22(26)23(25(30)31-24-19(16-29-31)15-27-17-28-24)18-8-10-21(11-9-18)32-20-6-4-3-5-7-20/h2-11,13,15-17,22-23,25H,12,14,26H2,1H3. The molecule has 2 aromatic heterocycles. The van der Waals surface area contributed by atoms with Gasteiger partial charge in [0.2, 0.25) is 0 Å². The van der Waals surface area contributed by atoms with E-state index < -0.39 is 0 Å². The molecular formula is C25H26N6O. The summed E-state index contributed by atoms with van der Waals surface area (Å²) >= 11 is 0. The Morgan fingerprint density at radius 3 is 2.59 bits per heavy atom. The van der Waals surface area contributed by atoms with Gasteiger partial charge >= 0.3 is 0 Å². The summed E-state index contributed by atoms with van der Waals surface area (Å²) in [7, 11) is 0. The van der Waals surface area contributed by atoms with Crippen LogP contribution >= 0.6 is 0 Å². The molecule has 3 unspecified atom stereocenters. The molecule has 0 saturated carbocycles. The molecule has 3 heterocycles. The molecule has 3 atom stereocenters. The van der Waals surface area contributed by atoms with Crippen LogP contribution in [0.15, 0.2) is 85.6 Å². The van der Waals surface area contributed by atoms with E-state index in [9.17, 15) is 0 Å². The van der Waals surface area contributed by atoms with Crippen LogP contribution in [0.5, 0.6) is 11.5 Å². The van der Waals surface area contributed by atoms with E-state index in [4.69, 9.17) is 15.6 Å². The monoisotopic (exact) mass is 426 g/mol. The second-order valence-corrected chi connectivity index (χ2v) is 7.99. The molecule has 2 N–H and O–H groups in total. The van der Waals surface area contributed by atoms with E-state index in [0.29, 0.717) is 0 Å². The maximum atomic E-state index is 6.72. The van der Waals surface area contributed by atoms with Gasteiger partial charge in [-0.15, -0.1) is 0 Å². The van der Waals surface area contributed by atoms with Gasteiger partial charge in [-0.05, 0) is 49.4 Å². The van der Waals surface area contributed by atoms with E-state index in [1.807, 2.05) is 60.3 Å². The van der Waals surface area contributed by atoms with Crippen molar-refractivity contribution in [2.75, 3.05) is 6.54 Å². The summed E-state index contributed by atoms with van der Waals surface area (Å²) in [5, 5.41) is 5.61. The minimum Gasteiger partial charge on any atom is -0.457 e. The van der Waals surface area contributed by atoms with Gasteiger partial charge in [0.1, 0.15) is 24.0 Å². The highest BCUT2D eigenvalue weighted by molar-refractivity contribution is 5.73. The number of likely N-dealkylation sites (tertiary alicyclic amines) is 1. The third-order valence-corrected chi connectivity index (χ3v) is 5.93. The van der Waals surface area contributed by atoms with Crippen molar-refractivity contribution >= 4 is 11.0 Å². The van der Waals surface area contributed by atoms with E-state index in [-0.39, 0.29) is 18.1 Å². The predicted molar refractivity (Wildman–Crippen MR) is 124 cm³/mol. The number of para-hydroxylation sites is 1. The smallest absolute Gasteiger partial charge is 0.163 e. The minimum atomic E-state index is -0.0942. The molecule has 1 aliphatic heterocycles. The van der Waals surface area contributed by atoms with Crippen molar-refractivity contribution in [2.24, 2.45) is 5.73 Å². The average molecular weight is 427 g/mol. The first kappa shape index (κ1) is 20.2. The third kappa shape index (κ3) is 3.83. The molecule has 0 aliphatic carbocycles. The number of benzene rings is 2. The highest BCUT2D eigenvalue weighted by Crippen LogP contribution is 2.40. The Labute approximate surface area is 187 Å². The molecule has 4 aromatic rings. The maximum Gasteiger partial charge on any atom is 0.163 e. The fourth-order valence-corrected chi connectivity index (χ4v) is 4.48. The molecule has 1 fully saturated rings. The molecule has 5 rings (SSSR count). The number of piperidine rings is 1. The molecule has 2 aromatic carbocycles. The summed E-state index contributed by atoms with van der Waals surface area (Å²) in [5.74, 6) is 1.64. The number of fused-ring (bicyclic) bond motifs is 1. The molecule has 1 saturated heterocycles. The lowest BCUT2D eigenvalue weighted by atomic mass is 9.83. The number of aromatic nitrogens is 4. The number of hydrogen-bond acceptors (Lipinski definition) is 6. The van der Waals surface area contributed by atoms with Crippen molar-refractivity contribution in [2.45, 2.75) is 31.5 Å². The van der Waals surface area contributed by atoms with E-state index in [2.05, 4.69) is 39.3 Å². The van der Waals surface area contributed by atoms with E-state index in [0.717, 1.165) is 41.1 Å². The van der Waals surface area contributed by atoms with Gasteiger partial charge in [-0.2, -0.15) is 5.10 Å². The first-order chi connectivity index (χ1) is 15.7. The van der Waals surface area contributed by atoms with Gasteiger partial charge in [-0.1, -0.05) is 36.4 Å². The highest BCUT2D eigenvalue weighted by Gasteiger charge is 2.38. The van der Waals surface area contributed by atoms with Gasteiger partial charge in [-0.3, -0.25) is 0 Å². The predicted octanol–water partition coefficient (Wildman–Crippen LogP) is 4.47. The number of allylic oxidation sites excluding steroid dienone is 1. The van der Waals surface area contributed by atoms with Crippen LogP contribution in [0.2, 0.25) is 0 Å². The van der Waals surface area contributed by atoms with E-state index >= 15 is 0 Å². The number of ether oxygens (including phenoxy) is 1. The number of nitrogens with zero attached hydrogens (tertiary/aromatic N) is 5. The van der Waals surface area contributed by atoms with Crippen molar-refractivity contribution in [3.05, 3.63) is 91.2 Å². The van der Waals surface area contributed by atoms with Gasteiger partial charge in [0, 0.05) is 24.7 Å². The molecule has 7 nitrogen and oxygen atoms in total. The van der Waals surface area contributed by atoms with Crippen molar-refractivity contribution < 1.29 is 4.74 Å². The number of nitrogens with two attached hydrogens (primary N) is 1. The zero-order valence-electron chi connectivity index (χ0n) is 18.0. The van der Waals surface area contributed by atoms with E-state index in [1.54, 1.807) is 12.5 Å². The molecule has 162 valence electrons. The van der Waals surface area contributed by atoms with Gasteiger partial charge in [0.15, 0.2) is 5.65 Å². The lowest BCUT2D eigenvalue weighted by Crippen LogP contribution is -2.48. The maximum absolute atomic E-state index is 6.72. The Morgan fingerprint density at radius 1 is 1.03 bits per heavy atom. The average Bonchev–Trinajstić information content (AvgIpc) is 3.25. The topological polar surface area (TPSA) is 82.1 Å². The van der Waals surface area contributed by atoms with Gasteiger partial charge < -0.3 is 15.4 Å². The zero-order valence-corrected chi connectivity index (χ0v) is 18.0. The third-order valence-electron chi connectivity index (χ3n) is 5.93. The van der Waals surface area contributed by atoms with Crippen LogP contribution in [-0.2, 0) is 0 Å². The van der Waals surface area contributed by atoms with Crippen molar-refractivity contribution in [3.8, 4) is 11.5 Å². The largest absolute Gasteiger partial charge is 0.457 e. The lowest BCUT2D eigenvalue weighted by Gasteiger charge is -2.44. The molecule has 7 heteroatoms. The summed E-state index contributed by atoms with van der Waals surface area (Å²) in [4.78, 5) is 10.9. The van der Waals surface area contributed by atoms with Crippen LogP contribution in [0, 0.1) is 0 Å². The Morgan fingerprint density at radius 2 is 1.81 bits per heavy atom. The van der Waals surface area contributed by atoms with Crippen LogP contribution in [0.3, 0.4) is 0 Å². The first-order valence-electron chi connectivity index (χ1n) is 10.8. The Bertz CT molecular complexity index is 1200. The molecule has 0 bridgehead atoms. The Kier molecular flexibility index (Phi) is 5.56. The number of rotatable bonds is 5. The number of hydrogen-bond donors (Lipinski definition) is 1. The molecule has 1 aliphatic rings. The second-order valence-electron chi connectivity index (χ2n) is 7.99. The summed E-state index contributed by atoms with van der Waals surface area (Å²) in [6, 6.07) is 18.0. The molecule has 0 amide bonds.